The summed E-state index contributed by atoms with van der Waals surface area (Å²) in [5.74, 6) is -0.890. The molecule has 0 bridgehead atoms. The monoisotopic (exact) mass is 391 g/mol. The summed E-state index contributed by atoms with van der Waals surface area (Å²) in [6, 6.07) is 19.9. The van der Waals surface area contributed by atoms with E-state index in [2.05, 4.69) is 10.6 Å². The second kappa shape index (κ2) is 9.01. The van der Waals surface area contributed by atoms with E-state index in [0.717, 1.165) is 11.3 Å². The molecule has 148 valence electrons. The van der Waals surface area contributed by atoms with Gasteiger partial charge >= 0.3 is 0 Å². The number of halogens is 1. The fourth-order valence-corrected chi connectivity index (χ4v) is 2.76. The Kier molecular flexibility index (Phi) is 6.24. The molecule has 0 aliphatic rings. The van der Waals surface area contributed by atoms with E-state index in [1.54, 1.807) is 30.3 Å². The van der Waals surface area contributed by atoms with Crippen molar-refractivity contribution in [3.63, 3.8) is 0 Å². The molecule has 3 aromatic rings. The lowest BCUT2D eigenvalue weighted by molar-refractivity contribution is 0.0950. The number of rotatable bonds is 6. The number of carbonyl (C=O) groups is 2. The van der Waals surface area contributed by atoms with E-state index in [4.69, 9.17) is 0 Å². The Morgan fingerprint density at radius 1 is 0.862 bits per heavy atom. The third-order valence-electron chi connectivity index (χ3n) is 4.39. The molecule has 6 heteroatoms. The summed E-state index contributed by atoms with van der Waals surface area (Å²) in [7, 11) is 3.88. The molecule has 5 nitrogen and oxygen atoms in total. The highest BCUT2D eigenvalue weighted by molar-refractivity contribution is 6.04. The maximum Gasteiger partial charge on any atom is 0.255 e. The van der Waals surface area contributed by atoms with E-state index < -0.39 is 5.82 Å². The van der Waals surface area contributed by atoms with Gasteiger partial charge < -0.3 is 15.5 Å². The third kappa shape index (κ3) is 5.42. The van der Waals surface area contributed by atoms with Gasteiger partial charge in [-0.25, -0.2) is 4.39 Å². The molecule has 2 amide bonds. The van der Waals surface area contributed by atoms with Gasteiger partial charge in [-0.05, 0) is 66.2 Å². The molecule has 0 aliphatic carbocycles. The Hall–Kier alpha value is -3.67. The summed E-state index contributed by atoms with van der Waals surface area (Å²) in [6.07, 6.45) is 0. The van der Waals surface area contributed by atoms with Crippen molar-refractivity contribution in [1.29, 1.82) is 0 Å². The van der Waals surface area contributed by atoms with Crippen LogP contribution in [0.15, 0.2) is 72.8 Å². The van der Waals surface area contributed by atoms with E-state index in [9.17, 15) is 14.0 Å². The minimum absolute atomic E-state index is 0.170. The minimum Gasteiger partial charge on any atom is -0.378 e. The molecule has 0 atom stereocenters. The highest BCUT2D eigenvalue weighted by Gasteiger charge is 2.08. The zero-order valence-corrected chi connectivity index (χ0v) is 16.3. The summed E-state index contributed by atoms with van der Waals surface area (Å²) in [4.78, 5) is 26.6. The van der Waals surface area contributed by atoms with Crippen molar-refractivity contribution in [1.82, 2.24) is 5.32 Å². The number of amides is 2. The lowest BCUT2D eigenvalue weighted by Crippen LogP contribution is -2.23. The van der Waals surface area contributed by atoms with E-state index >= 15 is 0 Å². The number of hydrogen-bond donors (Lipinski definition) is 2. The average molecular weight is 391 g/mol. The van der Waals surface area contributed by atoms with Crippen LogP contribution in [0.1, 0.15) is 26.3 Å². The van der Waals surface area contributed by atoms with Crippen LogP contribution < -0.4 is 15.5 Å². The molecular weight excluding hydrogens is 369 g/mol. The second-order valence-corrected chi connectivity index (χ2v) is 6.79. The molecule has 0 aromatic heterocycles. The first-order chi connectivity index (χ1) is 13.9. The summed E-state index contributed by atoms with van der Waals surface area (Å²) < 4.78 is 13.0. The van der Waals surface area contributed by atoms with Crippen LogP contribution in [0.25, 0.3) is 0 Å². The van der Waals surface area contributed by atoms with Crippen LogP contribution >= 0.6 is 0 Å². The number of nitrogens with zero attached hydrogens (tertiary/aromatic N) is 1. The molecule has 0 aliphatic heterocycles. The molecule has 0 spiro atoms. The molecule has 0 heterocycles. The van der Waals surface area contributed by atoms with Crippen LogP contribution in [-0.4, -0.2) is 25.9 Å². The van der Waals surface area contributed by atoms with Gasteiger partial charge in [-0.15, -0.1) is 0 Å². The Balaban J connectivity index is 1.60. The molecule has 0 radical (unpaired) electrons. The normalized spacial score (nSPS) is 10.3. The molecule has 0 saturated carbocycles. The highest BCUT2D eigenvalue weighted by atomic mass is 19.1. The van der Waals surface area contributed by atoms with Gasteiger partial charge in [0.15, 0.2) is 0 Å². The van der Waals surface area contributed by atoms with Gasteiger partial charge in [0.1, 0.15) is 5.82 Å². The first kappa shape index (κ1) is 20.1. The Morgan fingerprint density at radius 2 is 1.48 bits per heavy atom. The van der Waals surface area contributed by atoms with Crippen LogP contribution in [0, 0.1) is 5.82 Å². The van der Waals surface area contributed by atoms with Crippen molar-refractivity contribution in [3.05, 3.63) is 95.3 Å². The van der Waals surface area contributed by atoms with E-state index in [-0.39, 0.29) is 11.8 Å². The SMILES string of the molecule is CN(C)c1ccc(C(=O)NCc2cccc(NC(=O)c3ccc(F)cc3)c2)cc1. The number of benzene rings is 3. The lowest BCUT2D eigenvalue weighted by Gasteiger charge is -2.13. The predicted molar refractivity (Wildman–Crippen MR) is 113 cm³/mol. The molecule has 3 rings (SSSR count). The van der Waals surface area contributed by atoms with E-state index in [0.29, 0.717) is 23.4 Å². The van der Waals surface area contributed by atoms with Crippen LogP contribution in [0.4, 0.5) is 15.8 Å². The predicted octanol–water partition coefficient (Wildman–Crippen LogP) is 4.07. The standard InChI is InChI=1S/C23H22FN3O2/c1-27(2)21-12-8-17(9-13-21)22(28)25-15-16-4-3-5-20(14-16)26-23(29)18-6-10-19(24)11-7-18/h3-14H,15H2,1-2H3,(H,25,28)(H,26,29). The lowest BCUT2D eigenvalue weighted by atomic mass is 10.1. The highest BCUT2D eigenvalue weighted by Crippen LogP contribution is 2.14. The van der Waals surface area contributed by atoms with Gasteiger partial charge in [-0.1, -0.05) is 12.1 Å². The van der Waals surface area contributed by atoms with Crippen molar-refractivity contribution >= 4 is 23.2 Å². The molecule has 0 saturated heterocycles. The summed E-state index contributed by atoms with van der Waals surface area (Å²) >= 11 is 0. The molecule has 0 unspecified atom stereocenters. The Bertz CT molecular complexity index is 999. The Morgan fingerprint density at radius 3 is 2.14 bits per heavy atom. The number of hydrogen-bond acceptors (Lipinski definition) is 3. The van der Waals surface area contributed by atoms with E-state index in [1.807, 2.05) is 37.2 Å². The fourth-order valence-electron chi connectivity index (χ4n) is 2.76. The third-order valence-corrected chi connectivity index (χ3v) is 4.39. The molecule has 3 aromatic carbocycles. The molecule has 2 N–H and O–H groups in total. The molecular formula is C23H22FN3O2. The quantitative estimate of drug-likeness (QED) is 0.666. The summed E-state index contributed by atoms with van der Waals surface area (Å²) in [6.45, 7) is 0.328. The van der Waals surface area contributed by atoms with E-state index in [1.165, 1.54) is 24.3 Å². The fraction of sp³-hybridized carbons (Fsp3) is 0.130. The topological polar surface area (TPSA) is 61.4 Å². The largest absolute Gasteiger partial charge is 0.378 e. The van der Waals surface area contributed by atoms with Crippen LogP contribution in [0.2, 0.25) is 0 Å². The smallest absolute Gasteiger partial charge is 0.255 e. The number of carbonyl (C=O) groups excluding carboxylic acids is 2. The minimum atomic E-state index is -0.393. The zero-order chi connectivity index (χ0) is 20.8. The number of anilines is 2. The maximum absolute atomic E-state index is 13.0. The van der Waals surface area contributed by atoms with Crippen molar-refractivity contribution < 1.29 is 14.0 Å². The Labute approximate surface area is 169 Å². The number of nitrogens with one attached hydrogen (secondary N) is 2. The van der Waals surface area contributed by atoms with Gasteiger partial charge in [-0.3, -0.25) is 9.59 Å². The van der Waals surface area contributed by atoms with Crippen LogP contribution in [0.3, 0.4) is 0 Å². The second-order valence-electron chi connectivity index (χ2n) is 6.79. The van der Waals surface area contributed by atoms with Crippen molar-refractivity contribution in [3.8, 4) is 0 Å². The van der Waals surface area contributed by atoms with Gasteiger partial charge in [-0.2, -0.15) is 0 Å². The van der Waals surface area contributed by atoms with Crippen molar-refractivity contribution in [2.45, 2.75) is 6.54 Å². The molecule has 0 fully saturated rings. The average Bonchev–Trinajstić information content (AvgIpc) is 2.73. The van der Waals surface area contributed by atoms with Gasteiger partial charge in [0.25, 0.3) is 11.8 Å². The van der Waals surface area contributed by atoms with Crippen molar-refractivity contribution in [2.24, 2.45) is 0 Å². The summed E-state index contributed by atoms with van der Waals surface area (Å²) in [5, 5.41) is 5.65. The first-order valence-corrected chi connectivity index (χ1v) is 9.14. The first-order valence-electron chi connectivity index (χ1n) is 9.14. The maximum atomic E-state index is 13.0. The van der Waals surface area contributed by atoms with Gasteiger partial charge in [0.05, 0.1) is 0 Å². The van der Waals surface area contributed by atoms with Crippen LogP contribution in [0.5, 0.6) is 0 Å². The van der Waals surface area contributed by atoms with Crippen LogP contribution in [-0.2, 0) is 6.54 Å². The summed E-state index contributed by atoms with van der Waals surface area (Å²) in [5.41, 5.74) is 3.41. The van der Waals surface area contributed by atoms with Crippen molar-refractivity contribution in [2.75, 3.05) is 24.3 Å². The van der Waals surface area contributed by atoms with Gasteiger partial charge in [0, 0.05) is 43.1 Å². The van der Waals surface area contributed by atoms with Gasteiger partial charge in [0.2, 0.25) is 0 Å². The molecule has 29 heavy (non-hydrogen) atoms. The zero-order valence-electron chi connectivity index (χ0n) is 16.3.